The number of ether oxygens (including phenoxy) is 3. The van der Waals surface area contributed by atoms with Gasteiger partial charge in [0.25, 0.3) is 5.91 Å². The Balaban J connectivity index is 1.75. The number of ketones is 1. The SMILES string of the molecule is CN1CCC(OC(=O)O/C2=C(/NN)C(=O)N3CCOCC3/C=C\C2=O)CC1. The summed E-state index contributed by atoms with van der Waals surface area (Å²) in [6, 6.07) is -0.383. The van der Waals surface area contributed by atoms with Gasteiger partial charge in [0.2, 0.25) is 11.5 Å². The minimum atomic E-state index is -1.03. The topological polar surface area (TPSA) is 123 Å². The molecule has 10 nitrogen and oxygen atoms in total. The highest BCUT2D eigenvalue weighted by Crippen LogP contribution is 2.20. The number of amides is 1. The van der Waals surface area contributed by atoms with Gasteiger partial charge in [0.05, 0.1) is 19.3 Å². The first kappa shape index (κ1) is 19.3. The summed E-state index contributed by atoms with van der Waals surface area (Å²) in [7, 11) is 1.99. The first-order valence-electron chi connectivity index (χ1n) is 8.88. The van der Waals surface area contributed by atoms with E-state index in [0.717, 1.165) is 13.1 Å². The van der Waals surface area contributed by atoms with E-state index in [4.69, 9.17) is 20.1 Å². The lowest BCUT2D eigenvalue weighted by Gasteiger charge is -2.35. The molecule has 1 unspecified atom stereocenters. The molecule has 1 atom stereocenters. The number of carbonyl (C=O) groups is 3. The van der Waals surface area contributed by atoms with Crippen LogP contribution < -0.4 is 11.3 Å². The molecular weight excluding hydrogens is 356 g/mol. The molecule has 3 rings (SSSR count). The number of fused-ring (bicyclic) bond motifs is 1. The minimum Gasteiger partial charge on any atom is -0.431 e. The molecule has 3 heterocycles. The van der Waals surface area contributed by atoms with E-state index in [2.05, 4.69) is 10.3 Å². The average Bonchev–Trinajstić information content (AvgIpc) is 2.67. The predicted molar refractivity (Wildman–Crippen MR) is 92.9 cm³/mol. The maximum Gasteiger partial charge on any atom is 0.514 e. The van der Waals surface area contributed by atoms with E-state index in [1.165, 1.54) is 11.0 Å². The van der Waals surface area contributed by atoms with Crippen molar-refractivity contribution in [2.75, 3.05) is 39.9 Å². The van der Waals surface area contributed by atoms with Crippen molar-refractivity contribution in [2.45, 2.75) is 25.0 Å². The second kappa shape index (κ2) is 8.51. The standard InChI is InChI=1S/C17H24N4O6/c1-20-6-4-12(5-7-20)26-17(24)27-15-13(22)3-2-11-10-25-9-8-21(11)16(23)14(15)19-18/h2-3,11-12,19H,4-10,18H2,1H3/b3-2-,15-14+. The quantitative estimate of drug-likeness (QED) is 0.371. The smallest absolute Gasteiger partial charge is 0.431 e. The molecule has 10 heteroatoms. The average molecular weight is 380 g/mol. The number of allylic oxidation sites excluding steroid dienone is 1. The summed E-state index contributed by atoms with van der Waals surface area (Å²) in [6.07, 6.45) is 2.83. The van der Waals surface area contributed by atoms with Crippen LogP contribution in [0, 0.1) is 0 Å². The van der Waals surface area contributed by atoms with Gasteiger partial charge in [-0.15, -0.1) is 0 Å². The number of piperidine rings is 1. The monoisotopic (exact) mass is 380 g/mol. The van der Waals surface area contributed by atoms with Gasteiger partial charge in [0, 0.05) is 19.6 Å². The van der Waals surface area contributed by atoms with Crippen LogP contribution in [-0.4, -0.2) is 79.7 Å². The van der Waals surface area contributed by atoms with E-state index in [9.17, 15) is 14.4 Å². The number of hydrazine groups is 1. The molecule has 27 heavy (non-hydrogen) atoms. The van der Waals surface area contributed by atoms with Crippen LogP contribution in [-0.2, 0) is 23.8 Å². The fourth-order valence-electron chi connectivity index (χ4n) is 3.25. The molecule has 0 saturated carbocycles. The Kier molecular flexibility index (Phi) is 6.09. The largest absolute Gasteiger partial charge is 0.514 e. The molecule has 2 fully saturated rings. The lowest BCUT2D eigenvalue weighted by atomic mass is 10.1. The number of hydrogen-bond donors (Lipinski definition) is 2. The van der Waals surface area contributed by atoms with Gasteiger partial charge in [-0.2, -0.15) is 0 Å². The summed E-state index contributed by atoms with van der Waals surface area (Å²) in [5.41, 5.74) is 1.92. The molecular formula is C17H24N4O6. The second-order valence-corrected chi connectivity index (χ2v) is 6.69. The number of rotatable bonds is 3. The highest BCUT2D eigenvalue weighted by molar-refractivity contribution is 6.10. The van der Waals surface area contributed by atoms with E-state index in [-0.39, 0.29) is 24.4 Å². The van der Waals surface area contributed by atoms with Crippen molar-refractivity contribution in [3.8, 4) is 0 Å². The second-order valence-electron chi connectivity index (χ2n) is 6.69. The third-order valence-corrected chi connectivity index (χ3v) is 4.82. The van der Waals surface area contributed by atoms with Gasteiger partial charge in [0.15, 0.2) is 5.70 Å². The number of morpholine rings is 1. The van der Waals surface area contributed by atoms with E-state index in [1.54, 1.807) is 6.08 Å². The summed E-state index contributed by atoms with van der Waals surface area (Å²) in [5, 5.41) is 0. The maximum atomic E-state index is 12.8. The van der Waals surface area contributed by atoms with Crippen molar-refractivity contribution in [1.29, 1.82) is 0 Å². The molecule has 3 aliphatic rings. The normalized spacial score (nSPS) is 28.8. The van der Waals surface area contributed by atoms with Crippen LogP contribution in [0.2, 0.25) is 0 Å². The van der Waals surface area contributed by atoms with Crippen LogP contribution in [0.4, 0.5) is 4.79 Å². The van der Waals surface area contributed by atoms with Crippen LogP contribution >= 0.6 is 0 Å². The Labute approximate surface area is 156 Å². The van der Waals surface area contributed by atoms with Gasteiger partial charge >= 0.3 is 6.16 Å². The zero-order valence-electron chi connectivity index (χ0n) is 15.2. The summed E-state index contributed by atoms with van der Waals surface area (Å²) < 4.78 is 15.7. The number of nitrogens with two attached hydrogens (primary N) is 1. The number of likely N-dealkylation sites (tertiary alicyclic amines) is 1. The van der Waals surface area contributed by atoms with Crippen LogP contribution in [0.5, 0.6) is 0 Å². The molecule has 0 spiro atoms. The fourth-order valence-corrected chi connectivity index (χ4v) is 3.25. The maximum absolute atomic E-state index is 12.8. The van der Waals surface area contributed by atoms with Crippen LogP contribution in [0.15, 0.2) is 23.6 Å². The number of nitrogens with zero attached hydrogens (tertiary/aromatic N) is 2. The Morgan fingerprint density at radius 1 is 1.30 bits per heavy atom. The van der Waals surface area contributed by atoms with Crippen molar-refractivity contribution >= 4 is 17.8 Å². The third kappa shape index (κ3) is 4.46. The molecule has 2 saturated heterocycles. The molecule has 1 amide bonds. The molecule has 0 aromatic heterocycles. The van der Waals surface area contributed by atoms with E-state index in [0.29, 0.717) is 26.0 Å². The third-order valence-electron chi connectivity index (χ3n) is 4.82. The lowest BCUT2D eigenvalue weighted by molar-refractivity contribution is -0.135. The Bertz CT molecular complexity index is 668. The highest BCUT2D eigenvalue weighted by atomic mass is 16.7. The lowest BCUT2D eigenvalue weighted by Crippen LogP contribution is -2.51. The Morgan fingerprint density at radius 3 is 2.74 bits per heavy atom. The summed E-state index contributed by atoms with van der Waals surface area (Å²) >= 11 is 0. The van der Waals surface area contributed by atoms with Gasteiger partial charge < -0.3 is 29.4 Å². The van der Waals surface area contributed by atoms with E-state index < -0.39 is 23.6 Å². The molecule has 0 radical (unpaired) electrons. The molecule has 0 aromatic rings. The Hall–Kier alpha value is -2.43. The molecule has 148 valence electrons. The minimum absolute atomic E-state index is 0.279. The molecule has 0 aromatic carbocycles. The molecule has 0 aliphatic carbocycles. The first-order chi connectivity index (χ1) is 13.0. The van der Waals surface area contributed by atoms with Crippen LogP contribution in [0.1, 0.15) is 12.8 Å². The number of nitrogens with one attached hydrogen (secondary N) is 1. The molecule has 0 bridgehead atoms. The summed E-state index contributed by atoms with van der Waals surface area (Å²) in [4.78, 5) is 41.0. The van der Waals surface area contributed by atoms with Gasteiger partial charge in [-0.1, -0.05) is 6.08 Å². The first-order valence-corrected chi connectivity index (χ1v) is 8.88. The van der Waals surface area contributed by atoms with Crippen molar-refractivity contribution in [2.24, 2.45) is 5.84 Å². The van der Waals surface area contributed by atoms with E-state index in [1.807, 2.05) is 7.05 Å². The van der Waals surface area contributed by atoms with Crippen molar-refractivity contribution < 1.29 is 28.6 Å². The predicted octanol–water partition coefficient (Wildman–Crippen LogP) is -0.725. The number of hydrogen-bond acceptors (Lipinski definition) is 9. The van der Waals surface area contributed by atoms with Crippen LogP contribution in [0.25, 0.3) is 0 Å². The van der Waals surface area contributed by atoms with Gasteiger partial charge in [-0.05, 0) is 26.0 Å². The van der Waals surface area contributed by atoms with Gasteiger partial charge in [-0.25, -0.2) is 4.79 Å². The fraction of sp³-hybridized carbons (Fsp3) is 0.588. The zero-order valence-corrected chi connectivity index (χ0v) is 15.2. The summed E-state index contributed by atoms with van der Waals surface area (Å²) in [5.74, 6) is 3.81. The zero-order chi connectivity index (χ0) is 19.4. The van der Waals surface area contributed by atoms with Gasteiger partial charge in [0.1, 0.15) is 6.10 Å². The van der Waals surface area contributed by atoms with Crippen molar-refractivity contribution in [3.63, 3.8) is 0 Å². The van der Waals surface area contributed by atoms with E-state index >= 15 is 0 Å². The van der Waals surface area contributed by atoms with Crippen molar-refractivity contribution in [3.05, 3.63) is 23.6 Å². The Morgan fingerprint density at radius 2 is 2.04 bits per heavy atom. The molecule has 3 N–H and O–H groups in total. The van der Waals surface area contributed by atoms with Crippen molar-refractivity contribution in [1.82, 2.24) is 15.2 Å². The van der Waals surface area contributed by atoms with Gasteiger partial charge in [-0.3, -0.25) is 15.4 Å². The highest BCUT2D eigenvalue weighted by Gasteiger charge is 2.35. The molecule has 3 aliphatic heterocycles. The van der Waals surface area contributed by atoms with Crippen LogP contribution in [0.3, 0.4) is 0 Å². The summed E-state index contributed by atoms with van der Waals surface area (Å²) in [6.45, 7) is 2.59. The number of carbonyl (C=O) groups excluding carboxylic acids is 3.